The molecule has 1 atom stereocenters. The van der Waals surface area contributed by atoms with Crippen LogP contribution in [0.25, 0.3) is 0 Å². The van der Waals surface area contributed by atoms with E-state index in [1.807, 2.05) is 6.92 Å². The van der Waals surface area contributed by atoms with Crippen LogP contribution in [0.15, 0.2) is 11.6 Å². The number of carbonyl (C=O) groups excluding carboxylic acids is 2. The van der Waals surface area contributed by atoms with Gasteiger partial charge in [0.15, 0.2) is 8.32 Å². The zero-order valence-corrected chi connectivity index (χ0v) is 14.1. The minimum atomic E-state index is -1.78. The molecule has 0 amide bonds. The summed E-state index contributed by atoms with van der Waals surface area (Å²) in [7, 11) is 0.760. The van der Waals surface area contributed by atoms with Gasteiger partial charge in [0.25, 0.3) is 0 Å². The lowest BCUT2D eigenvalue weighted by Crippen LogP contribution is -2.38. The van der Waals surface area contributed by atoms with Crippen LogP contribution < -0.4 is 0 Å². The summed E-state index contributed by atoms with van der Waals surface area (Å²) in [5.74, 6) is -1.20. The van der Waals surface area contributed by atoms with Gasteiger partial charge in [-0.1, -0.05) is 13.3 Å². The average Bonchev–Trinajstić information content (AvgIpc) is 3.11. The van der Waals surface area contributed by atoms with Crippen molar-refractivity contribution in [2.75, 3.05) is 14.2 Å². The van der Waals surface area contributed by atoms with Gasteiger partial charge in [-0.25, -0.2) is 0 Å². The van der Waals surface area contributed by atoms with Crippen molar-refractivity contribution in [1.82, 2.24) is 0 Å². The zero-order chi connectivity index (χ0) is 15.6. The van der Waals surface area contributed by atoms with E-state index in [2.05, 4.69) is 19.6 Å². The Morgan fingerprint density at radius 1 is 1.20 bits per heavy atom. The van der Waals surface area contributed by atoms with Gasteiger partial charge in [0, 0.05) is 0 Å². The van der Waals surface area contributed by atoms with E-state index < -0.39 is 25.7 Å². The van der Waals surface area contributed by atoms with Gasteiger partial charge >= 0.3 is 11.9 Å². The third-order valence-corrected chi connectivity index (χ3v) is 4.14. The van der Waals surface area contributed by atoms with E-state index in [1.54, 1.807) is 6.08 Å². The molecule has 5 nitrogen and oxygen atoms in total. The molecule has 1 unspecified atom stereocenters. The first-order valence-corrected chi connectivity index (χ1v) is 10.2. The summed E-state index contributed by atoms with van der Waals surface area (Å²) in [5.41, 5.74) is -0.677. The van der Waals surface area contributed by atoms with Gasteiger partial charge in [0.1, 0.15) is 0 Å². The van der Waals surface area contributed by atoms with Crippen molar-refractivity contribution in [2.45, 2.75) is 45.5 Å². The molecule has 0 aromatic heterocycles. The Kier molecular flexibility index (Phi) is 5.15. The maximum absolute atomic E-state index is 12.0. The zero-order valence-electron chi connectivity index (χ0n) is 13.1. The van der Waals surface area contributed by atoms with Gasteiger partial charge in [-0.05, 0) is 37.7 Å². The monoisotopic (exact) mass is 300 g/mol. The van der Waals surface area contributed by atoms with Crippen LogP contribution in [0.2, 0.25) is 19.6 Å². The van der Waals surface area contributed by atoms with E-state index >= 15 is 0 Å². The van der Waals surface area contributed by atoms with Crippen LogP contribution in [-0.4, -0.2) is 40.6 Å². The van der Waals surface area contributed by atoms with E-state index in [4.69, 9.17) is 13.9 Å². The second kappa shape index (κ2) is 6.09. The lowest BCUT2D eigenvalue weighted by Gasteiger charge is -2.27. The number of hydrogen-bond donors (Lipinski definition) is 0. The molecule has 0 aliphatic heterocycles. The number of hydrogen-bond acceptors (Lipinski definition) is 5. The van der Waals surface area contributed by atoms with Crippen molar-refractivity contribution in [2.24, 2.45) is 5.41 Å². The molecular formula is C14H24O5Si. The summed E-state index contributed by atoms with van der Waals surface area (Å²) in [6.07, 6.45) is 3.08. The highest BCUT2D eigenvalue weighted by molar-refractivity contribution is 6.69. The van der Waals surface area contributed by atoms with Gasteiger partial charge < -0.3 is 13.9 Å². The molecule has 1 aliphatic carbocycles. The quantitative estimate of drug-likeness (QED) is 0.312. The Morgan fingerprint density at radius 3 is 2.05 bits per heavy atom. The van der Waals surface area contributed by atoms with Gasteiger partial charge in [-0.2, -0.15) is 0 Å². The van der Waals surface area contributed by atoms with Gasteiger partial charge in [-0.15, -0.1) is 0 Å². The standard InChI is InChI=1S/C14H24O5Si/c1-7-8-11(19-20(4,5)6)10-9-14(10,12(15)17-2)13(16)18-3/h9,11H,7-8H2,1-6H3. The van der Waals surface area contributed by atoms with Crippen molar-refractivity contribution in [3.05, 3.63) is 11.6 Å². The lowest BCUT2D eigenvalue weighted by atomic mass is 9.96. The van der Waals surface area contributed by atoms with E-state index in [0.717, 1.165) is 12.8 Å². The summed E-state index contributed by atoms with van der Waals surface area (Å²) in [5, 5.41) is 0. The number of rotatable bonds is 7. The highest BCUT2D eigenvalue weighted by atomic mass is 28.4. The third-order valence-electron chi connectivity index (χ3n) is 3.15. The van der Waals surface area contributed by atoms with Gasteiger partial charge in [0.05, 0.1) is 20.3 Å². The number of ether oxygens (including phenoxy) is 2. The molecule has 0 fully saturated rings. The molecule has 0 aromatic carbocycles. The second-order valence-electron chi connectivity index (χ2n) is 5.90. The molecule has 0 saturated heterocycles. The fraction of sp³-hybridized carbons (Fsp3) is 0.714. The first kappa shape index (κ1) is 16.9. The SMILES string of the molecule is CCCC(O[Si](C)(C)C)C1=CC1(C(=O)OC)C(=O)OC. The van der Waals surface area contributed by atoms with Crippen molar-refractivity contribution in [3.63, 3.8) is 0 Å². The van der Waals surface area contributed by atoms with Crippen LogP contribution >= 0.6 is 0 Å². The van der Waals surface area contributed by atoms with Crippen molar-refractivity contribution in [1.29, 1.82) is 0 Å². The molecule has 1 rings (SSSR count). The Balaban J connectivity index is 2.96. The number of methoxy groups -OCH3 is 2. The maximum Gasteiger partial charge on any atom is 0.331 e. The first-order valence-electron chi connectivity index (χ1n) is 6.80. The highest BCUT2D eigenvalue weighted by Gasteiger charge is 2.62. The minimum Gasteiger partial charge on any atom is -0.468 e. The van der Waals surface area contributed by atoms with Crippen molar-refractivity contribution < 1.29 is 23.5 Å². The number of esters is 2. The topological polar surface area (TPSA) is 61.8 Å². The maximum atomic E-state index is 12.0. The smallest absolute Gasteiger partial charge is 0.331 e. The highest BCUT2D eigenvalue weighted by Crippen LogP contribution is 2.50. The third kappa shape index (κ3) is 3.30. The predicted octanol–water partition coefficient (Wildman–Crippen LogP) is 2.28. The van der Waals surface area contributed by atoms with Crippen LogP contribution in [-0.2, 0) is 23.5 Å². The first-order chi connectivity index (χ1) is 9.22. The fourth-order valence-electron chi connectivity index (χ4n) is 2.27. The van der Waals surface area contributed by atoms with E-state index in [1.165, 1.54) is 14.2 Å². The predicted molar refractivity (Wildman–Crippen MR) is 77.7 cm³/mol. The van der Waals surface area contributed by atoms with Crippen LogP contribution in [0.3, 0.4) is 0 Å². The summed E-state index contributed by atoms with van der Waals surface area (Å²) in [4.78, 5) is 23.9. The molecular weight excluding hydrogens is 276 g/mol. The Hall–Kier alpha value is -1.14. The molecule has 6 heteroatoms. The molecule has 0 aromatic rings. The molecule has 114 valence electrons. The van der Waals surface area contributed by atoms with Crippen LogP contribution in [0.1, 0.15) is 19.8 Å². The van der Waals surface area contributed by atoms with Gasteiger partial charge in [0.2, 0.25) is 5.41 Å². The van der Waals surface area contributed by atoms with E-state index in [-0.39, 0.29) is 6.10 Å². The average molecular weight is 300 g/mol. The normalized spacial score (nSPS) is 18.0. The summed E-state index contributed by atoms with van der Waals surface area (Å²) < 4.78 is 15.6. The molecule has 0 radical (unpaired) electrons. The second-order valence-corrected chi connectivity index (χ2v) is 10.4. The van der Waals surface area contributed by atoms with Crippen molar-refractivity contribution >= 4 is 20.3 Å². The molecule has 20 heavy (non-hydrogen) atoms. The Bertz CT molecular complexity index is 406. The van der Waals surface area contributed by atoms with Crippen LogP contribution in [0, 0.1) is 5.41 Å². The lowest BCUT2D eigenvalue weighted by molar-refractivity contribution is -0.160. The molecule has 0 spiro atoms. The van der Waals surface area contributed by atoms with E-state index in [9.17, 15) is 9.59 Å². The Morgan fingerprint density at radius 2 is 1.70 bits per heavy atom. The summed E-state index contributed by atoms with van der Waals surface area (Å²) >= 11 is 0. The fourth-order valence-corrected chi connectivity index (χ4v) is 3.37. The summed E-state index contributed by atoms with van der Waals surface area (Å²) in [6, 6.07) is 0. The van der Waals surface area contributed by atoms with E-state index in [0.29, 0.717) is 5.57 Å². The van der Waals surface area contributed by atoms with Gasteiger partial charge in [-0.3, -0.25) is 9.59 Å². The summed E-state index contributed by atoms with van der Waals surface area (Å²) in [6.45, 7) is 8.28. The molecule has 0 heterocycles. The number of carbonyl (C=O) groups is 2. The van der Waals surface area contributed by atoms with Crippen LogP contribution in [0.5, 0.6) is 0 Å². The molecule has 0 bridgehead atoms. The minimum absolute atomic E-state index is 0.218. The molecule has 1 aliphatic rings. The largest absolute Gasteiger partial charge is 0.468 e. The Labute approximate surface area is 121 Å². The molecule has 0 N–H and O–H groups in total. The van der Waals surface area contributed by atoms with Crippen molar-refractivity contribution in [3.8, 4) is 0 Å². The molecule has 0 saturated carbocycles. The van der Waals surface area contributed by atoms with Crippen LogP contribution in [0.4, 0.5) is 0 Å².